The Bertz CT molecular complexity index is 1380. The fraction of sp³-hybridized carbons (Fsp3) is 0.208. The summed E-state index contributed by atoms with van der Waals surface area (Å²) < 4.78 is 58.0. The van der Waals surface area contributed by atoms with Crippen molar-refractivity contribution in [2.24, 2.45) is 0 Å². The van der Waals surface area contributed by atoms with Crippen LogP contribution in [0.1, 0.15) is 23.5 Å². The quantitative estimate of drug-likeness (QED) is 0.294. The SMILES string of the molecule is COc1cc2nccc(Oc3ccc(NC(=O)N[C@H](C)c4nccs4)c(C(F)(F)F)c3)c2cc1OC. The van der Waals surface area contributed by atoms with Gasteiger partial charge in [0.1, 0.15) is 16.5 Å². The number of ether oxygens (including phenoxy) is 3. The molecule has 2 aromatic heterocycles. The van der Waals surface area contributed by atoms with Crippen molar-refractivity contribution in [3.8, 4) is 23.0 Å². The molecule has 0 bridgehead atoms. The number of amides is 2. The largest absolute Gasteiger partial charge is 0.493 e. The van der Waals surface area contributed by atoms with Crippen LogP contribution in [0, 0.1) is 0 Å². The minimum absolute atomic E-state index is 0.0771. The van der Waals surface area contributed by atoms with Crippen molar-refractivity contribution in [1.29, 1.82) is 0 Å². The lowest BCUT2D eigenvalue weighted by Gasteiger charge is -2.18. The molecule has 0 fully saturated rings. The molecule has 2 amide bonds. The fourth-order valence-corrected chi connectivity index (χ4v) is 4.10. The molecule has 4 aromatic rings. The number of aromatic nitrogens is 2. The highest BCUT2D eigenvalue weighted by Gasteiger charge is 2.35. The molecule has 0 saturated heterocycles. The highest BCUT2D eigenvalue weighted by molar-refractivity contribution is 7.09. The Morgan fingerprint density at radius 3 is 2.42 bits per heavy atom. The molecule has 12 heteroatoms. The molecule has 4 rings (SSSR count). The number of pyridine rings is 1. The minimum Gasteiger partial charge on any atom is -0.493 e. The second-order valence-electron chi connectivity index (χ2n) is 7.53. The molecule has 2 N–H and O–H groups in total. The maximum Gasteiger partial charge on any atom is 0.418 e. The van der Waals surface area contributed by atoms with E-state index in [1.807, 2.05) is 0 Å². The van der Waals surface area contributed by atoms with Crippen molar-refractivity contribution in [2.75, 3.05) is 19.5 Å². The maximum atomic E-state index is 13.9. The van der Waals surface area contributed by atoms with Crippen molar-refractivity contribution in [3.05, 3.63) is 64.7 Å². The molecule has 0 aliphatic heterocycles. The molecule has 0 radical (unpaired) electrons. The number of nitrogens with one attached hydrogen (secondary N) is 2. The zero-order valence-electron chi connectivity index (χ0n) is 19.3. The molecule has 188 valence electrons. The second-order valence-corrected chi connectivity index (χ2v) is 8.46. The van der Waals surface area contributed by atoms with Gasteiger partial charge in [-0.3, -0.25) is 4.98 Å². The fourth-order valence-electron chi connectivity index (χ4n) is 3.46. The summed E-state index contributed by atoms with van der Waals surface area (Å²) in [4.78, 5) is 20.7. The zero-order chi connectivity index (χ0) is 25.9. The lowest BCUT2D eigenvalue weighted by molar-refractivity contribution is -0.137. The molecule has 0 spiro atoms. The standard InChI is InChI=1S/C24H21F3N4O4S/c1-13(22-29-8-9-36-22)30-23(32)31-17-5-4-14(10-16(17)24(25,26)27)35-19-6-7-28-18-12-21(34-3)20(33-2)11-15(18)19/h4-13H,1-3H3,(H2,30,31,32)/t13-/m1/s1. The number of carbonyl (C=O) groups excluding carboxylic acids is 1. The van der Waals surface area contributed by atoms with Crippen LogP contribution in [0.4, 0.5) is 23.7 Å². The van der Waals surface area contributed by atoms with Crippen molar-refractivity contribution in [3.63, 3.8) is 0 Å². The van der Waals surface area contributed by atoms with Crippen LogP contribution in [0.15, 0.2) is 54.2 Å². The van der Waals surface area contributed by atoms with E-state index in [9.17, 15) is 18.0 Å². The van der Waals surface area contributed by atoms with Crippen molar-refractivity contribution < 1.29 is 32.2 Å². The van der Waals surface area contributed by atoms with E-state index >= 15 is 0 Å². The Morgan fingerprint density at radius 1 is 1.00 bits per heavy atom. The number of hydrogen-bond donors (Lipinski definition) is 2. The number of fused-ring (bicyclic) bond motifs is 1. The number of halogens is 3. The summed E-state index contributed by atoms with van der Waals surface area (Å²) in [6.45, 7) is 1.68. The molecule has 36 heavy (non-hydrogen) atoms. The van der Waals surface area contributed by atoms with E-state index in [-0.39, 0.29) is 11.5 Å². The second kappa shape index (κ2) is 10.3. The maximum absolute atomic E-state index is 13.9. The summed E-state index contributed by atoms with van der Waals surface area (Å²) in [5, 5.41) is 7.73. The van der Waals surface area contributed by atoms with Gasteiger partial charge in [-0.15, -0.1) is 11.3 Å². The van der Waals surface area contributed by atoms with Crippen LogP contribution in [0.2, 0.25) is 0 Å². The first kappa shape index (κ1) is 25.0. The van der Waals surface area contributed by atoms with Crippen molar-refractivity contribution in [1.82, 2.24) is 15.3 Å². The number of benzene rings is 2. The van der Waals surface area contributed by atoms with Gasteiger partial charge in [-0.1, -0.05) is 0 Å². The van der Waals surface area contributed by atoms with Crippen LogP contribution in [-0.2, 0) is 6.18 Å². The van der Waals surface area contributed by atoms with Crippen molar-refractivity contribution in [2.45, 2.75) is 19.1 Å². The summed E-state index contributed by atoms with van der Waals surface area (Å²) in [6, 6.07) is 6.83. The Morgan fingerprint density at radius 2 is 1.75 bits per heavy atom. The third-order valence-electron chi connectivity index (χ3n) is 5.15. The average Bonchev–Trinajstić information content (AvgIpc) is 3.39. The topological polar surface area (TPSA) is 94.6 Å². The highest BCUT2D eigenvalue weighted by atomic mass is 32.1. The lowest BCUT2D eigenvalue weighted by Crippen LogP contribution is -2.31. The summed E-state index contributed by atoms with van der Waals surface area (Å²) in [5.41, 5.74) is -0.968. The Balaban J connectivity index is 1.61. The molecule has 2 heterocycles. The lowest BCUT2D eigenvalue weighted by atomic mass is 10.1. The first-order valence-corrected chi connectivity index (χ1v) is 11.4. The van der Waals surface area contributed by atoms with Gasteiger partial charge in [-0.05, 0) is 37.3 Å². The van der Waals surface area contributed by atoms with Crippen LogP contribution < -0.4 is 24.8 Å². The van der Waals surface area contributed by atoms with Gasteiger partial charge in [0.2, 0.25) is 0 Å². The van der Waals surface area contributed by atoms with Gasteiger partial charge < -0.3 is 24.8 Å². The number of nitrogens with zero attached hydrogens (tertiary/aromatic N) is 2. The van der Waals surface area contributed by atoms with Crippen LogP contribution in [0.3, 0.4) is 0 Å². The van der Waals surface area contributed by atoms with E-state index in [1.165, 1.54) is 43.9 Å². The highest BCUT2D eigenvalue weighted by Crippen LogP contribution is 2.40. The predicted molar refractivity (Wildman–Crippen MR) is 129 cm³/mol. The number of carbonyl (C=O) groups is 1. The number of hydrogen-bond acceptors (Lipinski definition) is 7. The van der Waals surface area contributed by atoms with E-state index in [2.05, 4.69) is 20.6 Å². The number of methoxy groups -OCH3 is 2. The molecule has 2 aromatic carbocycles. The van der Waals surface area contributed by atoms with Gasteiger partial charge in [0.05, 0.1) is 37.0 Å². The number of anilines is 1. The van der Waals surface area contributed by atoms with Gasteiger partial charge in [0, 0.05) is 29.2 Å². The third kappa shape index (κ3) is 5.43. The van der Waals surface area contributed by atoms with Crippen LogP contribution in [0.25, 0.3) is 10.9 Å². The Labute approximate surface area is 208 Å². The normalized spacial score (nSPS) is 12.2. The molecule has 1 atom stereocenters. The molecular formula is C24H21F3N4O4S. The summed E-state index contributed by atoms with van der Waals surface area (Å²) >= 11 is 1.33. The molecular weight excluding hydrogens is 497 g/mol. The monoisotopic (exact) mass is 518 g/mol. The molecule has 8 nitrogen and oxygen atoms in total. The van der Waals surface area contributed by atoms with Crippen LogP contribution >= 0.6 is 11.3 Å². The summed E-state index contributed by atoms with van der Waals surface area (Å²) in [6.07, 6.45) is -1.70. The van der Waals surface area contributed by atoms with Gasteiger partial charge in [-0.2, -0.15) is 13.2 Å². The van der Waals surface area contributed by atoms with Gasteiger partial charge in [0.15, 0.2) is 11.5 Å². The van der Waals surface area contributed by atoms with E-state index in [0.717, 1.165) is 12.1 Å². The smallest absolute Gasteiger partial charge is 0.418 e. The van der Waals surface area contributed by atoms with Crippen LogP contribution in [-0.4, -0.2) is 30.2 Å². The van der Waals surface area contributed by atoms with Gasteiger partial charge in [-0.25, -0.2) is 9.78 Å². The van der Waals surface area contributed by atoms with E-state index in [4.69, 9.17) is 14.2 Å². The Hall–Kier alpha value is -4.06. The predicted octanol–water partition coefficient (Wildman–Crippen LogP) is 6.40. The van der Waals surface area contributed by atoms with Crippen molar-refractivity contribution >= 4 is 34.0 Å². The van der Waals surface area contributed by atoms with Gasteiger partial charge >= 0.3 is 12.2 Å². The minimum atomic E-state index is -4.75. The average molecular weight is 519 g/mol. The van der Waals surface area contributed by atoms with E-state index < -0.39 is 29.5 Å². The number of alkyl halides is 3. The number of rotatable bonds is 7. The van der Waals surface area contributed by atoms with E-state index in [1.54, 1.807) is 30.6 Å². The first-order chi connectivity index (χ1) is 17.2. The number of urea groups is 1. The first-order valence-electron chi connectivity index (χ1n) is 10.6. The molecule has 0 unspecified atom stereocenters. The van der Waals surface area contributed by atoms with Crippen LogP contribution in [0.5, 0.6) is 23.0 Å². The Kier molecular flexibility index (Phi) is 7.15. The summed E-state index contributed by atoms with van der Waals surface area (Å²) in [7, 11) is 2.95. The van der Waals surface area contributed by atoms with Gasteiger partial charge in [0.25, 0.3) is 0 Å². The molecule has 0 saturated carbocycles. The molecule has 0 aliphatic carbocycles. The summed E-state index contributed by atoms with van der Waals surface area (Å²) in [5.74, 6) is 1.06. The third-order valence-corrected chi connectivity index (χ3v) is 6.11. The zero-order valence-corrected chi connectivity index (χ0v) is 20.2. The van der Waals surface area contributed by atoms with E-state index in [0.29, 0.717) is 27.4 Å². The number of thiazole rings is 1. The molecule has 0 aliphatic rings.